The molecule has 2 aromatic carbocycles. The summed E-state index contributed by atoms with van der Waals surface area (Å²) in [7, 11) is 1.68. The molecular formula is C17H22O2. The third-order valence-corrected chi connectivity index (χ3v) is 2.87. The molecule has 19 heavy (non-hydrogen) atoms. The molecule has 0 bridgehead atoms. The van der Waals surface area contributed by atoms with Crippen LogP contribution in [0.15, 0.2) is 48.5 Å². The molecule has 0 heterocycles. The van der Waals surface area contributed by atoms with Crippen molar-refractivity contribution in [2.24, 2.45) is 0 Å². The van der Waals surface area contributed by atoms with Crippen molar-refractivity contribution in [1.82, 2.24) is 0 Å². The molecule has 0 aliphatic rings. The first-order chi connectivity index (χ1) is 9.19. The minimum atomic E-state index is 0.139. The summed E-state index contributed by atoms with van der Waals surface area (Å²) in [6, 6.07) is 16.0. The van der Waals surface area contributed by atoms with Gasteiger partial charge in [-0.15, -0.1) is 0 Å². The maximum atomic E-state index is 8.63. The molecule has 0 aromatic heterocycles. The van der Waals surface area contributed by atoms with Crippen LogP contribution in [-0.4, -0.2) is 12.2 Å². The standard InChI is InChI=1S/C9H12O.C8H10O/c1-3-8-4-6-9(10-2)7-5-8;1-7-2-4-8(6-9)5-3-7/h4-7H,3H2,1-2H3;2-5,9H,6H2,1H3. The van der Waals surface area contributed by atoms with Crippen LogP contribution >= 0.6 is 0 Å². The molecule has 0 saturated heterocycles. The second-order valence-corrected chi connectivity index (χ2v) is 4.35. The van der Waals surface area contributed by atoms with E-state index >= 15 is 0 Å². The highest BCUT2D eigenvalue weighted by Crippen LogP contribution is 2.10. The number of aryl methyl sites for hydroxylation is 2. The number of rotatable bonds is 3. The van der Waals surface area contributed by atoms with Gasteiger partial charge in [-0.3, -0.25) is 0 Å². The second-order valence-electron chi connectivity index (χ2n) is 4.35. The third kappa shape index (κ3) is 5.58. The van der Waals surface area contributed by atoms with Gasteiger partial charge in [-0.1, -0.05) is 48.9 Å². The fourth-order valence-corrected chi connectivity index (χ4v) is 1.55. The molecule has 0 amide bonds. The normalized spacial score (nSPS) is 9.47. The van der Waals surface area contributed by atoms with Crippen LogP contribution in [0.4, 0.5) is 0 Å². The van der Waals surface area contributed by atoms with Gasteiger partial charge in [-0.05, 0) is 36.6 Å². The Labute approximate surface area is 115 Å². The number of methoxy groups -OCH3 is 1. The lowest BCUT2D eigenvalue weighted by atomic mass is 10.2. The van der Waals surface area contributed by atoms with Crippen molar-refractivity contribution in [1.29, 1.82) is 0 Å². The zero-order valence-electron chi connectivity index (χ0n) is 11.9. The Balaban J connectivity index is 0.000000191. The monoisotopic (exact) mass is 258 g/mol. The smallest absolute Gasteiger partial charge is 0.118 e. The molecule has 2 rings (SSSR count). The van der Waals surface area contributed by atoms with E-state index in [0.29, 0.717) is 0 Å². The Bertz CT molecular complexity index is 435. The van der Waals surface area contributed by atoms with Gasteiger partial charge in [0.1, 0.15) is 5.75 Å². The predicted octanol–water partition coefficient (Wildman–Crippen LogP) is 3.74. The van der Waals surface area contributed by atoms with Crippen LogP contribution in [0.25, 0.3) is 0 Å². The van der Waals surface area contributed by atoms with Gasteiger partial charge in [0, 0.05) is 0 Å². The third-order valence-electron chi connectivity index (χ3n) is 2.87. The highest BCUT2D eigenvalue weighted by atomic mass is 16.5. The van der Waals surface area contributed by atoms with E-state index in [-0.39, 0.29) is 6.61 Å². The van der Waals surface area contributed by atoms with Crippen LogP contribution in [0.2, 0.25) is 0 Å². The number of benzene rings is 2. The largest absolute Gasteiger partial charge is 0.497 e. The van der Waals surface area contributed by atoms with Crippen LogP contribution in [-0.2, 0) is 13.0 Å². The van der Waals surface area contributed by atoms with E-state index in [1.54, 1.807) is 7.11 Å². The number of hydrogen-bond acceptors (Lipinski definition) is 2. The van der Waals surface area contributed by atoms with Gasteiger partial charge in [0.15, 0.2) is 0 Å². The number of aliphatic hydroxyl groups excluding tert-OH is 1. The second kappa shape index (κ2) is 8.33. The first-order valence-electron chi connectivity index (χ1n) is 6.49. The Kier molecular flexibility index (Phi) is 6.69. The van der Waals surface area contributed by atoms with E-state index in [0.717, 1.165) is 17.7 Å². The molecule has 2 heteroatoms. The summed E-state index contributed by atoms with van der Waals surface area (Å²) in [5, 5.41) is 8.63. The van der Waals surface area contributed by atoms with E-state index in [1.807, 2.05) is 43.3 Å². The van der Waals surface area contributed by atoms with E-state index in [4.69, 9.17) is 9.84 Å². The molecule has 102 valence electrons. The first kappa shape index (κ1) is 15.3. The van der Waals surface area contributed by atoms with Crippen LogP contribution in [0.1, 0.15) is 23.6 Å². The molecule has 0 radical (unpaired) electrons. The van der Waals surface area contributed by atoms with Gasteiger partial charge >= 0.3 is 0 Å². The topological polar surface area (TPSA) is 29.5 Å². The molecule has 2 aromatic rings. The zero-order chi connectivity index (χ0) is 14.1. The SMILES string of the molecule is CCc1ccc(OC)cc1.Cc1ccc(CO)cc1. The van der Waals surface area contributed by atoms with Crippen LogP contribution in [0, 0.1) is 6.92 Å². The molecule has 0 saturated carbocycles. The lowest BCUT2D eigenvalue weighted by Crippen LogP contribution is -1.83. The molecular weight excluding hydrogens is 236 g/mol. The fraction of sp³-hybridized carbons (Fsp3) is 0.294. The lowest BCUT2D eigenvalue weighted by Gasteiger charge is -1.99. The summed E-state index contributed by atoms with van der Waals surface area (Å²) < 4.78 is 5.01. The number of hydrogen-bond donors (Lipinski definition) is 1. The van der Waals surface area contributed by atoms with Crippen molar-refractivity contribution in [3.05, 3.63) is 65.2 Å². The van der Waals surface area contributed by atoms with Crippen molar-refractivity contribution in [2.45, 2.75) is 26.9 Å². The average Bonchev–Trinajstić information content (AvgIpc) is 2.49. The van der Waals surface area contributed by atoms with Crippen molar-refractivity contribution < 1.29 is 9.84 Å². The van der Waals surface area contributed by atoms with E-state index in [9.17, 15) is 0 Å². The summed E-state index contributed by atoms with van der Waals surface area (Å²) >= 11 is 0. The van der Waals surface area contributed by atoms with Gasteiger partial charge < -0.3 is 9.84 Å². The fourth-order valence-electron chi connectivity index (χ4n) is 1.55. The van der Waals surface area contributed by atoms with E-state index in [2.05, 4.69) is 19.1 Å². The van der Waals surface area contributed by atoms with Crippen LogP contribution in [0.3, 0.4) is 0 Å². The van der Waals surface area contributed by atoms with Crippen molar-refractivity contribution in [3.8, 4) is 5.75 Å². The van der Waals surface area contributed by atoms with Gasteiger partial charge in [0.2, 0.25) is 0 Å². The minimum absolute atomic E-state index is 0.139. The first-order valence-corrected chi connectivity index (χ1v) is 6.49. The molecule has 0 aliphatic heterocycles. The van der Waals surface area contributed by atoms with Crippen molar-refractivity contribution in [2.75, 3.05) is 7.11 Å². The highest BCUT2D eigenvalue weighted by Gasteiger charge is 1.89. The molecule has 0 unspecified atom stereocenters. The van der Waals surface area contributed by atoms with E-state index < -0.39 is 0 Å². The molecule has 0 atom stereocenters. The maximum absolute atomic E-state index is 8.63. The summed E-state index contributed by atoms with van der Waals surface area (Å²) in [5.41, 5.74) is 3.55. The Morgan fingerprint density at radius 3 is 1.84 bits per heavy atom. The minimum Gasteiger partial charge on any atom is -0.497 e. The van der Waals surface area contributed by atoms with E-state index in [1.165, 1.54) is 11.1 Å². The van der Waals surface area contributed by atoms with Gasteiger partial charge in [0.25, 0.3) is 0 Å². The molecule has 0 aliphatic carbocycles. The molecule has 1 N–H and O–H groups in total. The van der Waals surface area contributed by atoms with Crippen LogP contribution < -0.4 is 4.74 Å². The Morgan fingerprint density at radius 2 is 1.42 bits per heavy atom. The lowest BCUT2D eigenvalue weighted by molar-refractivity contribution is 0.282. The quantitative estimate of drug-likeness (QED) is 0.908. The summed E-state index contributed by atoms with van der Waals surface area (Å²) in [6.45, 7) is 4.31. The van der Waals surface area contributed by atoms with Crippen LogP contribution in [0.5, 0.6) is 5.75 Å². The maximum Gasteiger partial charge on any atom is 0.118 e. The summed E-state index contributed by atoms with van der Waals surface area (Å²) in [6.07, 6.45) is 1.09. The van der Waals surface area contributed by atoms with Gasteiger partial charge in [-0.25, -0.2) is 0 Å². The Morgan fingerprint density at radius 1 is 0.895 bits per heavy atom. The molecule has 0 spiro atoms. The van der Waals surface area contributed by atoms with Gasteiger partial charge in [0.05, 0.1) is 13.7 Å². The highest BCUT2D eigenvalue weighted by molar-refractivity contribution is 5.26. The summed E-state index contributed by atoms with van der Waals surface area (Å²) in [5.74, 6) is 0.928. The Hall–Kier alpha value is -1.80. The van der Waals surface area contributed by atoms with Gasteiger partial charge in [-0.2, -0.15) is 0 Å². The number of ether oxygens (including phenoxy) is 1. The van der Waals surface area contributed by atoms with Crippen molar-refractivity contribution >= 4 is 0 Å². The summed E-state index contributed by atoms with van der Waals surface area (Å²) in [4.78, 5) is 0. The molecule has 0 fully saturated rings. The van der Waals surface area contributed by atoms with Crippen molar-refractivity contribution in [3.63, 3.8) is 0 Å². The zero-order valence-corrected chi connectivity index (χ0v) is 11.9. The molecule has 2 nitrogen and oxygen atoms in total. The predicted molar refractivity (Wildman–Crippen MR) is 79.5 cm³/mol. The number of aliphatic hydroxyl groups is 1. The average molecular weight is 258 g/mol.